The van der Waals surface area contributed by atoms with E-state index in [1.807, 2.05) is 62.4 Å². The Morgan fingerprint density at radius 3 is 1.04 bits per heavy atom. The van der Waals surface area contributed by atoms with Gasteiger partial charge < -0.3 is 54.3 Å². The molecule has 0 bridgehead atoms. The highest BCUT2D eigenvalue weighted by atomic mass is 16.5. The van der Waals surface area contributed by atoms with Gasteiger partial charge in [-0.2, -0.15) is 0 Å². The van der Waals surface area contributed by atoms with E-state index in [1.54, 1.807) is 93.6 Å². The van der Waals surface area contributed by atoms with Crippen LogP contribution in [0.15, 0.2) is 144 Å². The zero-order valence-corrected chi connectivity index (χ0v) is 42.9. The number of carboxylic acid groups (broad SMARTS) is 3. The highest BCUT2D eigenvalue weighted by molar-refractivity contribution is 5.89. The molecule has 0 aromatic heterocycles. The molecule has 0 saturated carbocycles. The molecule has 73 heavy (non-hydrogen) atoms. The predicted molar refractivity (Wildman–Crippen MR) is 276 cm³/mol. The molecule has 0 aliphatic heterocycles. The molecule has 4 unspecified atom stereocenters. The molecular formula is C58H70O15. The van der Waals surface area contributed by atoms with Gasteiger partial charge in [-0.15, -0.1) is 0 Å². The van der Waals surface area contributed by atoms with Gasteiger partial charge in [-0.3, -0.25) is 0 Å². The first-order valence-electron chi connectivity index (χ1n) is 24.1. The van der Waals surface area contributed by atoms with E-state index >= 15 is 0 Å². The average Bonchev–Trinajstić information content (AvgIpc) is 3.36. The summed E-state index contributed by atoms with van der Waals surface area (Å²) in [7, 11) is 0. The normalized spacial score (nSPS) is 15.7. The molecule has 0 spiro atoms. The second-order valence-electron chi connectivity index (χ2n) is 18.5. The first-order valence-corrected chi connectivity index (χ1v) is 24.1. The second-order valence-corrected chi connectivity index (χ2v) is 18.5. The Kier molecular flexibility index (Phi) is 22.1. The van der Waals surface area contributed by atoms with Crippen molar-refractivity contribution in [1.82, 2.24) is 0 Å². The van der Waals surface area contributed by atoms with Crippen molar-refractivity contribution in [1.29, 1.82) is 0 Å². The quantitative estimate of drug-likeness (QED) is 0.0169. The summed E-state index contributed by atoms with van der Waals surface area (Å²) in [5.41, 5.74) is 1.42. The van der Waals surface area contributed by atoms with Crippen molar-refractivity contribution in [3.05, 3.63) is 166 Å². The van der Waals surface area contributed by atoms with Crippen LogP contribution in [0.1, 0.15) is 90.5 Å². The molecule has 392 valence electrons. The Balaban J connectivity index is 1.58. The van der Waals surface area contributed by atoms with Crippen LogP contribution in [0.5, 0.6) is 23.0 Å². The van der Waals surface area contributed by atoms with Crippen molar-refractivity contribution in [2.24, 2.45) is 11.8 Å². The molecule has 4 aromatic rings. The zero-order valence-electron chi connectivity index (χ0n) is 42.9. The molecule has 15 heteroatoms. The Morgan fingerprint density at radius 2 is 0.753 bits per heavy atom. The molecule has 0 aliphatic carbocycles. The van der Waals surface area contributed by atoms with E-state index in [9.17, 15) is 49.8 Å². The average molecular weight is 1010 g/mol. The fraction of sp³-hybridized carbons (Fsp3) is 0.379. The van der Waals surface area contributed by atoms with E-state index in [4.69, 9.17) is 23.7 Å². The number of allylic oxidation sites excluding steroid dienone is 4. The molecule has 0 aliphatic rings. The zero-order chi connectivity index (χ0) is 53.9. The minimum absolute atomic E-state index is 0.000149. The summed E-state index contributed by atoms with van der Waals surface area (Å²) in [6.45, 7) is 13.7. The maximum Gasteiger partial charge on any atom is 0.333 e. The Hall–Kier alpha value is -7.20. The van der Waals surface area contributed by atoms with Crippen molar-refractivity contribution >= 4 is 23.9 Å². The highest BCUT2D eigenvalue weighted by Crippen LogP contribution is 2.44. The number of rotatable bonds is 29. The van der Waals surface area contributed by atoms with Crippen LogP contribution in [0.2, 0.25) is 0 Å². The van der Waals surface area contributed by atoms with Gasteiger partial charge in [-0.25, -0.2) is 19.2 Å². The summed E-state index contributed by atoms with van der Waals surface area (Å²) in [5.74, 6) is -3.35. The van der Waals surface area contributed by atoms with Gasteiger partial charge in [-0.05, 0) is 112 Å². The molecule has 0 saturated heterocycles. The maximum absolute atomic E-state index is 13.6. The van der Waals surface area contributed by atoms with Crippen molar-refractivity contribution < 1.29 is 73.5 Å². The van der Waals surface area contributed by atoms with Crippen molar-refractivity contribution in [2.45, 2.75) is 91.3 Å². The van der Waals surface area contributed by atoms with Gasteiger partial charge in [0.15, 0.2) is 0 Å². The molecule has 4 rings (SSSR count). The van der Waals surface area contributed by atoms with Crippen LogP contribution in [0, 0.1) is 11.8 Å². The van der Waals surface area contributed by atoms with E-state index in [2.05, 4.69) is 0 Å². The number of benzene rings is 4. The lowest BCUT2D eigenvalue weighted by molar-refractivity contribution is -0.139. The number of aliphatic hydroxyl groups is 3. The molecule has 0 radical (unpaired) electrons. The number of hydrogen-bond donors (Lipinski definition) is 6. The van der Waals surface area contributed by atoms with E-state index in [-0.39, 0.29) is 55.3 Å². The summed E-state index contributed by atoms with van der Waals surface area (Å²) in [5, 5.41) is 58.5. The third-order valence-corrected chi connectivity index (χ3v) is 12.5. The molecule has 0 heterocycles. The topological polar surface area (TPSA) is 236 Å². The molecule has 0 amide bonds. The highest BCUT2D eigenvalue weighted by Gasteiger charge is 2.38. The SMILES string of the molecule is CC(=CC(C=C(C)C(=O)O)C(C)(c1ccc(OCCCO)cc1)c1ccc(OCCCOC(=O)C(C)=CC(C=C(C)C(=O)O)C(C)(c2ccc(OCC(C)O)cc2)c2ccc(OCC(C)O)cc2)cc1)C(=O)O. The van der Waals surface area contributed by atoms with E-state index in [0.717, 1.165) is 22.3 Å². The lowest BCUT2D eigenvalue weighted by Crippen LogP contribution is -2.32. The Morgan fingerprint density at radius 1 is 0.466 bits per heavy atom. The van der Waals surface area contributed by atoms with Crippen LogP contribution >= 0.6 is 0 Å². The van der Waals surface area contributed by atoms with Gasteiger partial charge in [-0.1, -0.05) is 86.7 Å². The van der Waals surface area contributed by atoms with Crippen molar-refractivity contribution in [2.75, 3.05) is 39.6 Å². The summed E-state index contributed by atoms with van der Waals surface area (Å²) in [4.78, 5) is 50.1. The van der Waals surface area contributed by atoms with Gasteiger partial charge in [0.05, 0.1) is 32.0 Å². The minimum Gasteiger partial charge on any atom is -0.494 e. The lowest BCUT2D eigenvalue weighted by Gasteiger charge is -2.37. The monoisotopic (exact) mass is 1010 g/mol. The van der Waals surface area contributed by atoms with Crippen molar-refractivity contribution in [3.8, 4) is 23.0 Å². The number of esters is 1. The van der Waals surface area contributed by atoms with Gasteiger partial charge in [0.1, 0.15) is 36.2 Å². The number of aliphatic carboxylic acids is 3. The Bertz CT molecular complexity index is 2490. The number of hydrogen-bond acceptors (Lipinski definition) is 12. The first kappa shape index (κ1) is 58.4. The van der Waals surface area contributed by atoms with Crippen LogP contribution in [0.3, 0.4) is 0 Å². The van der Waals surface area contributed by atoms with Gasteiger partial charge in [0, 0.05) is 64.4 Å². The number of ether oxygens (including phenoxy) is 5. The summed E-state index contributed by atoms with van der Waals surface area (Å²) < 4.78 is 28.9. The smallest absolute Gasteiger partial charge is 0.333 e. The van der Waals surface area contributed by atoms with Crippen LogP contribution < -0.4 is 18.9 Å². The molecular weight excluding hydrogens is 937 g/mol. The van der Waals surface area contributed by atoms with E-state index < -0.39 is 58.8 Å². The Labute approximate surface area is 427 Å². The largest absolute Gasteiger partial charge is 0.494 e. The third-order valence-electron chi connectivity index (χ3n) is 12.5. The van der Waals surface area contributed by atoms with Crippen LogP contribution in [-0.4, -0.2) is 106 Å². The number of carboxylic acids is 3. The molecule has 6 N–H and O–H groups in total. The second kappa shape index (κ2) is 27.6. The number of carbonyl (C=O) groups excluding carboxylic acids is 1. The first-order chi connectivity index (χ1) is 34.6. The standard InChI is InChI=1S/C58H70O15/c1-37(53(62)63)31-47(32-38(2)54(64)65)57(7,43-11-19-49(20-12-43)69-28-9-27-59)44-13-21-50(22-14-44)70-29-10-30-71-56(68)40(4)34-48(33-39(3)55(66)67)58(8,45-15-23-51(24-16-45)72-35-41(5)60)46-17-25-52(26-18-46)73-36-42(6)61/h11-26,31-34,41-42,47-48,59-61H,9-10,27-30,35-36H2,1-8H3,(H,62,63)(H,64,65)(H,66,67). The predicted octanol–water partition coefficient (Wildman–Crippen LogP) is 8.86. The van der Waals surface area contributed by atoms with E-state index in [1.165, 1.54) is 20.8 Å². The van der Waals surface area contributed by atoms with Crippen LogP contribution in [0.25, 0.3) is 0 Å². The van der Waals surface area contributed by atoms with Gasteiger partial charge >= 0.3 is 23.9 Å². The van der Waals surface area contributed by atoms with E-state index in [0.29, 0.717) is 42.4 Å². The van der Waals surface area contributed by atoms with Gasteiger partial charge in [0.25, 0.3) is 0 Å². The summed E-state index contributed by atoms with van der Waals surface area (Å²) >= 11 is 0. The number of carbonyl (C=O) groups is 4. The molecule has 4 atom stereocenters. The maximum atomic E-state index is 13.6. The summed E-state index contributed by atoms with van der Waals surface area (Å²) in [6, 6.07) is 28.9. The van der Waals surface area contributed by atoms with Crippen LogP contribution in [-0.2, 0) is 34.7 Å². The van der Waals surface area contributed by atoms with Crippen LogP contribution in [0.4, 0.5) is 0 Å². The molecule has 4 aromatic carbocycles. The molecule has 0 fully saturated rings. The molecule has 15 nitrogen and oxygen atoms in total. The fourth-order valence-electron chi connectivity index (χ4n) is 8.03. The summed E-state index contributed by atoms with van der Waals surface area (Å²) in [6.07, 6.45) is 5.79. The lowest BCUT2D eigenvalue weighted by atomic mass is 9.66. The van der Waals surface area contributed by atoms with Crippen molar-refractivity contribution in [3.63, 3.8) is 0 Å². The number of aliphatic hydroxyl groups excluding tert-OH is 3. The third kappa shape index (κ3) is 16.7. The fourth-order valence-corrected chi connectivity index (χ4v) is 8.03. The minimum atomic E-state index is -1.14. The van der Waals surface area contributed by atoms with Gasteiger partial charge in [0.2, 0.25) is 0 Å².